The van der Waals surface area contributed by atoms with Gasteiger partial charge in [0.15, 0.2) is 5.96 Å². The van der Waals surface area contributed by atoms with Crippen molar-refractivity contribution in [2.45, 2.75) is 44.2 Å². The van der Waals surface area contributed by atoms with E-state index in [1.165, 1.54) is 25.5 Å². The standard InChI is InChI=1S/C20H31FN4OS/c1-3-22-20(23-10-15-6-7-17(21)9-16(15)14-27-2)24-11-19-12-25-8-4-5-18(25)13-26-19/h6-7,9,18-19H,3-5,8,10-14H2,1-2H3,(H2,22,23,24). The van der Waals surface area contributed by atoms with E-state index in [0.717, 1.165) is 49.1 Å². The zero-order valence-corrected chi connectivity index (χ0v) is 17.2. The van der Waals surface area contributed by atoms with E-state index >= 15 is 0 Å². The second kappa shape index (κ2) is 10.3. The van der Waals surface area contributed by atoms with Gasteiger partial charge in [-0.1, -0.05) is 6.07 Å². The Morgan fingerprint density at radius 2 is 2.26 bits per heavy atom. The summed E-state index contributed by atoms with van der Waals surface area (Å²) in [7, 11) is 0. The van der Waals surface area contributed by atoms with E-state index in [9.17, 15) is 4.39 Å². The van der Waals surface area contributed by atoms with Crippen molar-refractivity contribution in [3.8, 4) is 0 Å². The van der Waals surface area contributed by atoms with E-state index in [2.05, 4.69) is 22.5 Å². The normalized spacial score (nSPS) is 23.3. The van der Waals surface area contributed by atoms with Crippen molar-refractivity contribution in [1.82, 2.24) is 15.5 Å². The van der Waals surface area contributed by atoms with Crippen LogP contribution in [0.4, 0.5) is 4.39 Å². The summed E-state index contributed by atoms with van der Waals surface area (Å²) in [6.45, 7) is 7.16. The molecule has 150 valence electrons. The third kappa shape index (κ3) is 5.83. The lowest BCUT2D eigenvalue weighted by Gasteiger charge is -2.35. The summed E-state index contributed by atoms with van der Waals surface area (Å²) in [6.07, 6.45) is 4.77. The second-order valence-electron chi connectivity index (χ2n) is 7.17. The first-order valence-electron chi connectivity index (χ1n) is 9.83. The van der Waals surface area contributed by atoms with Crippen molar-refractivity contribution in [3.63, 3.8) is 0 Å². The molecular weight excluding hydrogens is 363 g/mol. The fourth-order valence-corrected chi connectivity index (χ4v) is 4.34. The highest BCUT2D eigenvalue weighted by Gasteiger charge is 2.32. The molecule has 2 fully saturated rings. The molecule has 5 nitrogen and oxygen atoms in total. The van der Waals surface area contributed by atoms with Gasteiger partial charge in [0.1, 0.15) is 5.82 Å². The molecule has 2 heterocycles. The molecule has 0 bridgehead atoms. The number of nitrogens with zero attached hydrogens (tertiary/aromatic N) is 2. The molecule has 0 saturated carbocycles. The maximum Gasteiger partial charge on any atom is 0.191 e. The topological polar surface area (TPSA) is 48.9 Å². The van der Waals surface area contributed by atoms with Gasteiger partial charge in [-0.05, 0) is 55.8 Å². The van der Waals surface area contributed by atoms with Crippen molar-refractivity contribution in [1.29, 1.82) is 0 Å². The number of guanidine groups is 1. The number of aliphatic imine (C=N–C) groups is 1. The Morgan fingerprint density at radius 3 is 3.07 bits per heavy atom. The molecule has 0 radical (unpaired) electrons. The highest BCUT2D eigenvalue weighted by Crippen LogP contribution is 2.22. The molecule has 3 rings (SSSR count). The van der Waals surface area contributed by atoms with Crippen LogP contribution in [0.25, 0.3) is 0 Å². The first kappa shape index (κ1) is 20.4. The molecule has 2 aliphatic rings. The molecule has 7 heteroatoms. The highest BCUT2D eigenvalue weighted by molar-refractivity contribution is 7.97. The van der Waals surface area contributed by atoms with E-state index in [1.54, 1.807) is 17.8 Å². The van der Waals surface area contributed by atoms with Crippen LogP contribution in [0.2, 0.25) is 0 Å². The molecule has 0 aromatic heterocycles. The van der Waals surface area contributed by atoms with Gasteiger partial charge in [-0.3, -0.25) is 4.90 Å². The number of morpholine rings is 1. The van der Waals surface area contributed by atoms with Gasteiger partial charge in [-0.25, -0.2) is 9.38 Å². The van der Waals surface area contributed by atoms with Crippen molar-refractivity contribution in [3.05, 3.63) is 35.1 Å². The highest BCUT2D eigenvalue weighted by atomic mass is 32.2. The summed E-state index contributed by atoms with van der Waals surface area (Å²) in [6, 6.07) is 5.59. The Morgan fingerprint density at radius 1 is 1.37 bits per heavy atom. The summed E-state index contributed by atoms with van der Waals surface area (Å²) in [4.78, 5) is 7.25. The Balaban J connectivity index is 1.56. The van der Waals surface area contributed by atoms with Crippen LogP contribution in [0.1, 0.15) is 30.9 Å². The van der Waals surface area contributed by atoms with Crippen molar-refractivity contribution < 1.29 is 9.13 Å². The molecule has 2 aliphatic heterocycles. The van der Waals surface area contributed by atoms with Gasteiger partial charge < -0.3 is 15.4 Å². The number of ether oxygens (including phenoxy) is 1. The smallest absolute Gasteiger partial charge is 0.191 e. The van der Waals surface area contributed by atoms with Gasteiger partial charge in [0.05, 0.1) is 19.3 Å². The minimum Gasteiger partial charge on any atom is -0.373 e. The predicted octanol–water partition coefficient (Wildman–Crippen LogP) is 2.61. The van der Waals surface area contributed by atoms with Crippen LogP contribution < -0.4 is 10.6 Å². The Bertz CT molecular complexity index is 642. The second-order valence-corrected chi connectivity index (χ2v) is 8.03. The van der Waals surface area contributed by atoms with E-state index in [1.807, 2.05) is 12.3 Å². The number of benzene rings is 1. The Kier molecular flexibility index (Phi) is 7.79. The number of rotatable bonds is 7. The molecule has 0 spiro atoms. The van der Waals surface area contributed by atoms with Gasteiger partial charge in [-0.2, -0.15) is 11.8 Å². The van der Waals surface area contributed by atoms with Crippen LogP contribution in [-0.2, 0) is 17.0 Å². The average molecular weight is 395 g/mol. The maximum atomic E-state index is 13.5. The first-order valence-corrected chi connectivity index (χ1v) is 11.2. The fraction of sp³-hybridized carbons (Fsp3) is 0.650. The summed E-state index contributed by atoms with van der Waals surface area (Å²) >= 11 is 1.69. The summed E-state index contributed by atoms with van der Waals surface area (Å²) in [5.74, 6) is 1.38. The van der Waals surface area contributed by atoms with Crippen LogP contribution in [0, 0.1) is 5.82 Å². The lowest BCUT2D eigenvalue weighted by Crippen LogP contribution is -2.51. The van der Waals surface area contributed by atoms with Crippen molar-refractivity contribution in [2.24, 2.45) is 4.99 Å². The summed E-state index contributed by atoms with van der Waals surface area (Å²) in [5.41, 5.74) is 2.08. The molecule has 2 saturated heterocycles. The van der Waals surface area contributed by atoms with E-state index in [-0.39, 0.29) is 11.9 Å². The lowest BCUT2D eigenvalue weighted by atomic mass is 10.1. The molecule has 1 aromatic carbocycles. The van der Waals surface area contributed by atoms with E-state index in [0.29, 0.717) is 12.6 Å². The molecule has 2 N–H and O–H groups in total. The number of hydrogen-bond acceptors (Lipinski definition) is 4. The van der Waals surface area contributed by atoms with Crippen molar-refractivity contribution >= 4 is 17.7 Å². The predicted molar refractivity (Wildman–Crippen MR) is 111 cm³/mol. The number of fused-ring (bicyclic) bond motifs is 1. The minimum absolute atomic E-state index is 0.188. The van der Waals surface area contributed by atoms with E-state index < -0.39 is 0 Å². The zero-order valence-electron chi connectivity index (χ0n) is 16.3. The average Bonchev–Trinajstić information content (AvgIpc) is 3.13. The van der Waals surface area contributed by atoms with E-state index in [4.69, 9.17) is 9.73 Å². The SMILES string of the molecule is CCNC(=NCc1ccc(F)cc1CSC)NCC1CN2CCCC2CO1. The fourth-order valence-electron chi connectivity index (χ4n) is 3.76. The van der Waals surface area contributed by atoms with Crippen LogP contribution in [-0.4, -0.2) is 62.0 Å². The number of halogens is 1. The van der Waals surface area contributed by atoms with Gasteiger partial charge in [0.25, 0.3) is 0 Å². The zero-order chi connectivity index (χ0) is 19.1. The molecule has 0 aliphatic carbocycles. The molecular formula is C20H31FN4OS. The number of hydrogen-bond donors (Lipinski definition) is 2. The number of nitrogens with one attached hydrogen (secondary N) is 2. The largest absolute Gasteiger partial charge is 0.373 e. The van der Waals surface area contributed by atoms with Crippen LogP contribution in [0.15, 0.2) is 23.2 Å². The quantitative estimate of drug-likeness (QED) is 0.550. The molecule has 1 aromatic rings. The van der Waals surface area contributed by atoms with Gasteiger partial charge in [-0.15, -0.1) is 0 Å². The van der Waals surface area contributed by atoms with Crippen LogP contribution in [0.5, 0.6) is 0 Å². The van der Waals surface area contributed by atoms with Gasteiger partial charge in [0.2, 0.25) is 0 Å². The number of thioether (sulfide) groups is 1. The van der Waals surface area contributed by atoms with Crippen molar-refractivity contribution in [2.75, 3.05) is 39.0 Å². The first-order chi connectivity index (χ1) is 13.2. The third-order valence-corrected chi connectivity index (χ3v) is 5.78. The summed E-state index contributed by atoms with van der Waals surface area (Å²) in [5, 5.41) is 6.70. The third-order valence-electron chi connectivity index (χ3n) is 5.18. The maximum absolute atomic E-state index is 13.5. The molecule has 2 unspecified atom stereocenters. The molecule has 0 amide bonds. The van der Waals surface area contributed by atoms with Crippen LogP contribution in [0.3, 0.4) is 0 Å². The molecule has 27 heavy (non-hydrogen) atoms. The monoisotopic (exact) mass is 394 g/mol. The lowest BCUT2D eigenvalue weighted by molar-refractivity contribution is -0.0453. The Hall–Kier alpha value is -1.31. The van der Waals surface area contributed by atoms with Gasteiger partial charge in [0, 0.05) is 31.4 Å². The Labute approximate surface area is 166 Å². The minimum atomic E-state index is -0.188. The van der Waals surface area contributed by atoms with Crippen LogP contribution >= 0.6 is 11.8 Å². The van der Waals surface area contributed by atoms with Gasteiger partial charge >= 0.3 is 0 Å². The molecule has 2 atom stereocenters. The summed E-state index contributed by atoms with van der Waals surface area (Å²) < 4.78 is 19.5.